The smallest absolute Gasteiger partial charge is 0.110 e. The topological polar surface area (TPSA) is 52.9 Å². The number of ether oxygens (including phenoxy) is 1. The summed E-state index contributed by atoms with van der Waals surface area (Å²) in [6.45, 7) is 3.40. The molecule has 1 unspecified atom stereocenters. The first-order valence-electron chi connectivity index (χ1n) is 4.78. The van der Waals surface area contributed by atoms with Crippen molar-refractivity contribution in [3.63, 3.8) is 0 Å². The van der Waals surface area contributed by atoms with Crippen molar-refractivity contribution < 1.29 is 14.9 Å². The largest absolute Gasteiger partial charge is 0.395 e. The van der Waals surface area contributed by atoms with Crippen LogP contribution in [0, 0.1) is 0 Å². The summed E-state index contributed by atoms with van der Waals surface area (Å²) < 4.78 is 5.26. The quantitative estimate of drug-likeness (QED) is 0.532. The highest BCUT2D eigenvalue weighted by atomic mass is 16.5. The van der Waals surface area contributed by atoms with Gasteiger partial charge in [-0.15, -0.1) is 0 Å². The summed E-state index contributed by atoms with van der Waals surface area (Å²) in [5.41, 5.74) is 0. The number of nitrogens with zero attached hydrogens (tertiary/aromatic N) is 1. The van der Waals surface area contributed by atoms with Crippen LogP contribution >= 0.6 is 0 Å². The summed E-state index contributed by atoms with van der Waals surface area (Å²) >= 11 is 0. The lowest BCUT2D eigenvalue weighted by molar-refractivity contribution is -0.0496. The molecule has 0 aromatic rings. The van der Waals surface area contributed by atoms with Crippen LogP contribution in [0.5, 0.6) is 0 Å². The van der Waals surface area contributed by atoms with Gasteiger partial charge in [0.05, 0.1) is 13.2 Å². The summed E-state index contributed by atoms with van der Waals surface area (Å²) in [6.07, 6.45) is 1.98. The Balaban J connectivity index is 3.94. The van der Waals surface area contributed by atoms with Crippen LogP contribution in [0.3, 0.4) is 0 Å². The third-order valence-electron chi connectivity index (χ3n) is 1.99. The molecule has 0 aromatic heterocycles. The number of hydrogen-bond acceptors (Lipinski definition) is 4. The van der Waals surface area contributed by atoms with Gasteiger partial charge in [-0.25, -0.2) is 0 Å². The molecule has 0 saturated heterocycles. The molecule has 0 heterocycles. The predicted octanol–water partition coefficient (Wildman–Crippen LogP) is 0.0456. The predicted molar refractivity (Wildman–Crippen MR) is 51.4 cm³/mol. The van der Waals surface area contributed by atoms with Gasteiger partial charge in [-0.1, -0.05) is 13.3 Å². The minimum Gasteiger partial charge on any atom is -0.395 e. The Kier molecular flexibility index (Phi) is 8.33. The second kappa shape index (κ2) is 8.44. The maximum Gasteiger partial charge on any atom is 0.110 e. The molecule has 0 fully saturated rings. The van der Waals surface area contributed by atoms with Crippen molar-refractivity contribution in [3.05, 3.63) is 0 Å². The maximum atomic E-state index is 8.80. The van der Waals surface area contributed by atoms with Gasteiger partial charge in [0.15, 0.2) is 0 Å². The average Bonchev–Trinajstić information content (AvgIpc) is 2.14. The Morgan fingerprint density at radius 2 is 1.77 bits per heavy atom. The van der Waals surface area contributed by atoms with E-state index in [1.165, 1.54) is 0 Å². The van der Waals surface area contributed by atoms with Crippen molar-refractivity contribution in [3.8, 4) is 0 Å². The molecule has 1 atom stereocenters. The summed E-state index contributed by atoms with van der Waals surface area (Å²) in [7, 11) is 1.65. The molecule has 0 rings (SSSR count). The van der Waals surface area contributed by atoms with E-state index >= 15 is 0 Å². The minimum atomic E-state index is 0.0179. The van der Waals surface area contributed by atoms with Gasteiger partial charge in [0, 0.05) is 20.2 Å². The van der Waals surface area contributed by atoms with E-state index in [4.69, 9.17) is 14.9 Å². The van der Waals surface area contributed by atoms with Crippen LogP contribution in [-0.4, -0.2) is 54.8 Å². The Bertz CT molecular complexity index is 105. The lowest BCUT2D eigenvalue weighted by atomic mass is 10.2. The van der Waals surface area contributed by atoms with Crippen molar-refractivity contribution in [1.29, 1.82) is 0 Å². The first-order chi connectivity index (χ1) is 6.29. The van der Waals surface area contributed by atoms with Crippen LogP contribution in [0.1, 0.15) is 19.8 Å². The lowest BCUT2D eigenvalue weighted by Gasteiger charge is -2.29. The van der Waals surface area contributed by atoms with E-state index in [2.05, 4.69) is 6.92 Å². The number of aliphatic hydroxyl groups is 2. The molecular formula is C9H21NO3. The summed E-state index contributed by atoms with van der Waals surface area (Å²) in [6, 6.07) is 0. The van der Waals surface area contributed by atoms with Gasteiger partial charge in [-0.2, -0.15) is 0 Å². The Hall–Kier alpha value is -0.160. The Labute approximate surface area is 80.1 Å². The van der Waals surface area contributed by atoms with Crippen LogP contribution in [0.2, 0.25) is 0 Å². The van der Waals surface area contributed by atoms with Gasteiger partial charge < -0.3 is 14.9 Å². The van der Waals surface area contributed by atoms with E-state index in [-0.39, 0.29) is 19.4 Å². The van der Waals surface area contributed by atoms with Crippen molar-refractivity contribution in [2.45, 2.75) is 26.0 Å². The van der Waals surface area contributed by atoms with E-state index in [0.29, 0.717) is 13.1 Å². The fourth-order valence-electron chi connectivity index (χ4n) is 1.35. The fraction of sp³-hybridized carbons (Fsp3) is 1.00. The van der Waals surface area contributed by atoms with Gasteiger partial charge in [-0.3, -0.25) is 4.90 Å². The Morgan fingerprint density at radius 1 is 1.23 bits per heavy atom. The second-order valence-corrected chi connectivity index (χ2v) is 2.96. The summed E-state index contributed by atoms with van der Waals surface area (Å²) in [5, 5.41) is 17.6. The van der Waals surface area contributed by atoms with Gasteiger partial charge in [0.1, 0.15) is 6.23 Å². The highest BCUT2D eigenvalue weighted by Gasteiger charge is 2.15. The van der Waals surface area contributed by atoms with Crippen LogP contribution in [-0.2, 0) is 4.74 Å². The van der Waals surface area contributed by atoms with E-state index in [0.717, 1.165) is 12.8 Å². The Morgan fingerprint density at radius 3 is 2.08 bits per heavy atom. The third kappa shape index (κ3) is 5.21. The monoisotopic (exact) mass is 191 g/mol. The second-order valence-electron chi connectivity index (χ2n) is 2.96. The van der Waals surface area contributed by atoms with Crippen LogP contribution in [0.25, 0.3) is 0 Å². The first-order valence-corrected chi connectivity index (χ1v) is 4.78. The molecule has 0 aromatic carbocycles. The number of rotatable bonds is 8. The normalized spacial score (nSPS) is 13.6. The molecule has 0 aliphatic heterocycles. The molecule has 80 valence electrons. The average molecular weight is 191 g/mol. The molecule has 0 bridgehead atoms. The maximum absolute atomic E-state index is 8.80. The van der Waals surface area contributed by atoms with E-state index < -0.39 is 0 Å². The molecule has 0 amide bonds. The molecule has 0 radical (unpaired) electrons. The van der Waals surface area contributed by atoms with Crippen molar-refractivity contribution in [2.75, 3.05) is 33.4 Å². The zero-order valence-corrected chi connectivity index (χ0v) is 8.57. The third-order valence-corrected chi connectivity index (χ3v) is 1.99. The molecule has 0 aliphatic carbocycles. The van der Waals surface area contributed by atoms with Gasteiger partial charge in [-0.05, 0) is 6.42 Å². The molecule has 2 N–H and O–H groups in total. The number of methoxy groups -OCH3 is 1. The summed E-state index contributed by atoms with van der Waals surface area (Å²) in [5.74, 6) is 0. The molecular weight excluding hydrogens is 170 g/mol. The SMILES string of the molecule is CCCC(OC)N(CCO)CCO. The van der Waals surface area contributed by atoms with Crippen molar-refractivity contribution in [2.24, 2.45) is 0 Å². The first kappa shape index (κ1) is 12.8. The van der Waals surface area contributed by atoms with E-state index in [9.17, 15) is 0 Å². The highest BCUT2D eigenvalue weighted by Crippen LogP contribution is 2.06. The zero-order valence-electron chi connectivity index (χ0n) is 8.57. The molecule has 4 nitrogen and oxygen atoms in total. The van der Waals surface area contributed by atoms with E-state index in [1.807, 2.05) is 4.90 Å². The van der Waals surface area contributed by atoms with Crippen molar-refractivity contribution >= 4 is 0 Å². The lowest BCUT2D eigenvalue weighted by Crippen LogP contribution is -2.40. The van der Waals surface area contributed by atoms with Crippen LogP contribution < -0.4 is 0 Å². The van der Waals surface area contributed by atoms with Gasteiger partial charge in [0.25, 0.3) is 0 Å². The van der Waals surface area contributed by atoms with Gasteiger partial charge >= 0.3 is 0 Å². The number of hydrogen-bond donors (Lipinski definition) is 2. The molecule has 4 heteroatoms. The summed E-state index contributed by atoms with van der Waals surface area (Å²) in [4.78, 5) is 1.95. The van der Waals surface area contributed by atoms with Crippen LogP contribution in [0.4, 0.5) is 0 Å². The van der Waals surface area contributed by atoms with Crippen LogP contribution in [0.15, 0.2) is 0 Å². The number of aliphatic hydroxyl groups excluding tert-OH is 2. The minimum absolute atomic E-state index is 0.0179. The van der Waals surface area contributed by atoms with Crippen molar-refractivity contribution in [1.82, 2.24) is 4.90 Å². The molecule has 0 aliphatic rings. The highest BCUT2D eigenvalue weighted by molar-refractivity contribution is 4.62. The van der Waals surface area contributed by atoms with Gasteiger partial charge in [0.2, 0.25) is 0 Å². The van der Waals surface area contributed by atoms with E-state index in [1.54, 1.807) is 7.11 Å². The fourth-order valence-corrected chi connectivity index (χ4v) is 1.35. The molecule has 13 heavy (non-hydrogen) atoms. The standard InChI is InChI=1S/C9H21NO3/c1-3-4-9(13-2)10(5-7-11)6-8-12/h9,11-12H,3-8H2,1-2H3. The zero-order chi connectivity index (χ0) is 10.1. The molecule has 0 saturated carbocycles. The molecule has 0 spiro atoms.